The molecule has 2 aromatic heterocycles. The predicted octanol–water partition coefficient (Wildman–Crippen LogP) is 1.56. The fourth-order valence-electron chi connectivity index (χ4n) is 4.37. The van der Waals surface area contributed by atoms with Crippen LogP contribution in [0.4, 0.5) is 0 Å². The average molecular weight is 382 g/mol. The largest absolute Gasteiger partial charge is 0.338 e. The van der Waals surface area contributed by atoms with Crippen molar-refractivity contribution in [1.82, 2.24) is 29.5 Å². The van der Waals surface area contributed by atoms with Crippen LogP contribution in [-0.2, 0) is 18.4 Å². The van der Waals surface area contributed by atoms with Crippen LogP contribution in [0.15, 0.2) is 24.8 Å². The Hall–Kier alpha value is -2.77. The van der Waals surface area contributed by atoms with Crippen molar-refractivity contribution in [3.05, 3.63) is 41.7 Å². The molecule has 0 saturated carbocycles. The van der Waals surface area contributed by atoms with Gasteiger partial charge in [0.25, 0.3) is 5.91 Å². The van der Waals surface area contributed by atoms with Crippen LogP contribution in [0.25, 0.3) is 0 Å². The minimum absolute atomic E-state index is 0.0278. The Bertz CT molecular complexity index is 877. The number of carbonyl (C=O) groups is 2. The molecule has 0 bridgehead atoms. The maximum atomic E-state index is 12.9. The molecule has 1 spiro atoms. The summed E-state index contributed by atoms with van der Waals surface area (Å²) < 4.78 is 1.65. The first-order chi connectivity index (χ1) is 13.4. The van der Waals surface area contributed by atoms with Crippen molar-refractivity contribution in [2.75, 3.05) is 19.6 Å². The lowest BCUT2D eigenvalue weighted by Crippen LogP contribution is -2.54. The van der Waals surface area contributed by atoms with Gasteiger partial charge in [-0.2, -0.15) is 5.10 Å². The third-order valence-electron chi connectivity index (χ3n) is 5.84. The van der Waals surface area contributed by atoms with Crippen molar-refractivity contribution in [3.63, 3.8) is 0 Å². The molecule has 4 rings (SSSR count). The average Bonchev–Trinajstić information content (AvgIpc) is 3.13. The molecule has 0 N–H and O–H groups in total. The van der Waals surface area contributed by atoms with Gasteiger partial charge in [-0.05, 0) is 26.2 Å². The Morgan fingerprint density at radius 1 is 1.18 bits per heavy atom. The first-order valence-corrected chi connectivity index (χ1v) is 9.77. The van der Waals surface area contributed by atoms with E-state index in [0.29, 0.717) is 31.6 Å². The Balaban J connectivity index is 1.47. The summed E-state index contributed by atoms with van der Waals surface area (Å²) in [6.07, 6.45) is 10.2. The number of nitrogens with zero attached hydrogens (tertiary/aromatic N) is 6. The second-order valence-corrected chi connectivity index (χ2v) is 8.13. The van der Waals surface area contributed by atoms with Gasteiger partial charge in [0.05, 0.1) is 35.9 Å². The third kappa shape index (κ3) is 3.76. The predicted molar refractivity (Wildman–Crippen MR) is 102 cm³/mol. The van der Waals surface area contributed by atoms with Gasteiger partial charge >= 0.3 is 0 Å². The molecule has 0 aromatic carbocycles. The van der Waals surface area contributed by atoms with E-state index in [1.165, 1.54) is 0 Å². The Morgan fingerprint density at radius 3 is 2.75 bits per heavy atom. The quantitative estimate of drug-likeness (QED) is 0.804. The first-order valence-electron chi connectivity index (χ1n) is 9.77. The number of amides is 2. The van der Waals surface area contributed by atoms with E-state index in [2.05, 4.69) is 15.1 Å². The number of aryl methyl sites for hydroxylation is 2. The summed E-state index contributed by atoms with van der Waals surface area (Å²) in [7, 11) is 1.81. The monoisotopic (exact) mass is 382 g/mol. The number of carbonyl (C=O) groups excluding carboxylic acids is 2. The zero-order valence-corrected chi connectivity index (χ0v) is 16.5. The molecule has 1 atom stereocenters. The highest BCUT2D eigenvalue weighted by Gasteiger charge is 2.43. The fourth-order valence-corrected chi connectivity index (χ4v) is 4.37. The molecule has 148 valence electrons. The molecule has 2 fully saturated rings. The summed E-state index contributed by atoms with van der Waals surface area (Å²) in [4.78, 5) is 37.9. The van der Waals surface area contributed by atoms with Crippen molar-refractivity contribution in [3.8, 4) is 0 Å². The fraction of sp³-hybridized carbons (Fsp3) is 0.550. The zero-order valence-electron chi connectivity index (χ0n) is 16.5. The van der Waals surface area contributed by atoms with E-state index in [0.717, 1.165) is 37.2 Å². The van der Waals surface area contributed by atoms with Crippen molar-refractivity contribution in [2.45, 2.75) is 39.2 Å². The number of piperidine rings is 2. The SMILES string of the molecule is Cc1cnc(CN2CC3(CCCN(C(=O)c4cnn(C)c4)C3)CCC2=O)cn1. The van der Waals surface area contributed by atoms with Crippen LogP contribution in [0.5, 0.6) is 0 Å². The van der Waals surface area contributed by atoms with Gasteiger partial charge in [0.1, 0.15) is 0 Å². The summed E-state index contributed by atoms with van der Waals surface area (Å²) in [6.45, 7) is 4.48. The van der Waals surface area contributed by atoms with Crippen LogP contribution in [0.3, 0.4) is 0 Å². The summed E-state index contributed by atoms with van der Waals surface area (Å²) in [5.41, 5.74) is 2.25. The van der Waals surface area contributed by atoms with Crippen molar-refractivity contribution in [2.24, 2.45) is 12.5 Å². The minimum atomic E-state index is -0.0395. The maximum absolute atomic E-state index is 12.9. The number of likely N-dealkylation sites (tertiary alicyclic amines) is 2. The van der Waals surface area contributed by atoms with Gasteiger partial charge in [0.15, 0.2) is 0 Å². The molecule has 2 saturated heterocycles. The number of hydrogen-bond acceptors (Lipinski definition) is 5. The molecule has 28 heavy (non-hydrogen) atoms. The minimum Gasteiger partial charge on any atom is -0.338 e. The van der Waals surface area contributed by atoms with Crippen molar-refractivity contribution < 1.29 is 9.59 Å². The standard InChI is InChI=1S/C20H26N6O2/c1-15-8-22-17(10-21-15)12-26-14-20(6-4-18(26)27)5-3-7-25(13-20)19(28)16-9-23-24(2)11-16/h8-11H,3-7,12-14H2,1-2H3. The molecular weight excluding hydrogens is 356 g/mol. The number of aromatic nitrogens is 4. The van der Waals surface area contributed by atoms with Crippen LogP contribution < -0.4 is 0 Å². The number of hydrogen-bond donors (Lipinski definition) is 0. The topological polar surface area (TPSA) is 84.2 Å². The van der Waals surface area contributed by atoms with Crippen LogP contribution >= 0.6 is 0 Å². The molecule has 4 heterocycles. The molecule has 2 aliphatic rings. The van der Waals surface area contributed by atoms with Crippen molar-refractivity contribution in [1.29, 1.82) is 0 Å². The normalized spacial score (nSPS) is 22.7. The lowest BCUT2D eigenvalue weighted by molar-refractivity contribution is -0.139. The van der Waals surface area contributed by atoms with Gasteiger partial charge in [0, 0.05) is 50.9 Å². The van der Waals surface area contributed by atoms with Gasteiger partial charge in [-0.1, -0.05) is 0 Å². The Labute approximate surface area is 164 Å². The number of rotatable bonds is 3. The lowest BCUT2D eigenvalue weighted by atomic mass is 9.73. The van der Waals surface area contributed by atoms with Gasteiger partial charge in [-0.3, -0.25) is 24.2 Å². The summed E-state index contributed by atoms with van der Waals surface area (Å²) in [6, 6.07) is 0. The van der Waals surface area contributed by atoms with E-state index >= 15 is 0 Å². The highest BCUT2D eigenvalue weighted by Crippen LogP contribution is 2.39. The van der Waals surface area contributed by atoms with Gasteiger partial charge in [-0.15, -0.1) is 0 Å². The van der Waals surface area contributed by atoms with Crippen LogP contribution in [0, 0.1) is 12.3 Å². The summed E-state index contributed by atoms with van der Waals surface area (Å²) in [5.74, 6) is 0.184. The molecular formula is C20H26N6O2. The van der Waals surface area contributed by atoms with Crippen LogP contribution in [0.2, 0.25) is 0 Å². The third-order valence-corrected chi connectivity index (χ3v) is 5.84. The Kier molecular flexibility index (Phi) is 4.87. The highest BCUT2D eigenvalue weighted by molar-refractivity contribution is 5.93. The van der Waals surface area contributed by atoms with Crippen LogP contribution in [-0.4, -0.2) is 61.0 Å². The molecule has 0 radical (unpaired) electrons. The molecule has 2 aliphatic heterocycles. The maximum Gasteiger partial charge on any atom is 0.257 e. The smallest absolute Gasteiger partial charge is 0.257 e. The zero-order chi connectivity index (χ0) is 19.7. The molecule has 8 heteroatoms. The molecule has 1 unspecified atom stereocenters. The molecule has 0 aliphatic carbocycles. The summed E-state index contributed by atoms with van der Waals surface area (Å²) in [5, 5.41) is 4.11. The Morgan fingerprint density at radius 2 is 2.04 bits per heavy atom. The van der Waals surface area contributed by atoms with Gasteiger partial charge in [0.2, 0.25) is 5.91 Å². The van der Waals surface area contributed by atoms with Crippen LogP contribution in [0.1, 0.15) is 47.4 Å². The molecule has 2 aromatic rings. The van der Waals surface area contributed by atoms with E-state index in [1.54, 1.807) is 29.5 Å². The second kappa shape index (κ2) is 7.33. The van der Waals surface area contributed by atoms with E-state index in [4.69, 9.17) is 0 Å². The highest BCUT2D eigenvalue weighted by atomic mass is 16.2. The van der Waals surface area contributed by atoms with Gasteiger partial charge < -0.3 is 9.80 Å². The first kappa shape index (κ1) is 18.6. The molecule has 2 amide bonds. The summed E-state index contributed by atoms with van der Waals surface area (Å²) >= 11 is 0. The van der Waals surface area contributed by atoms with E-state index in [9.17, 15) is 9.59 Å². The van der Waals surface area contributed by atoms with E-state index in [1.807, 2.05) is 23.8 Å². The van der Waals surface area contributed by atoms with E-state index < -0.39 is 0 Å². The lowest BCUT2D eigenvalue weighted by Gasteiger charge is -2.48. The van der Waals surface area contributed by atoms with Gasteiger partial charge in [-0.25, -0.2) is 0 Å². The van der Waals surface area contributed by atoms with Crippen molar-refractivity contribution >= 4 is 11.8 Å². The second-order valence-electron chi connectivity index (χ2n) is 8.13. The molecule has 8 nitrogen and oxygen atoms in total. The van der Waals surface area contributed by atoms with E-state index in [-0.39, 0.29) is 17.2 Å².